The van der Waals surface area contributed by atoms with Crippen molar-refractivity contribution in [1.82, 2.24) is 0 Å². The van der Waals surface area contributed by atoms with Crippen molar-refractivity contribution >= 4 is 34.3 Å². The third kappa shape index (κ3) is 5.98. The minimum atomic E-state index is 0.655. The normalized spacial score (nSPS) is 11.3. The van der Waals surface area contributed by atoms with Gasteiger partial charge in [-0.25, -0.2) is 0 Å². The lowest BCUT2D eigenvalue weighted by molar-refractivity contribution is 0.262. The van der Waals surface area contributed by atoms with Gasteiger partial charge in [-0.2, -0.15) is 5.26 Å². The summed E-state index contributed by atoms with van der Waals surface area (Å²) in [6.07, 6.45) is 6.10. The minimum Gasteiger partial charge on any atom is -0.490 e. The Morgan fingerprint density at radius 1 is 0.967 bits per heavy atom. The van der Waals surface area contributed by atoms with Crippen LogP contribution < -0.4 is 9.47 Å². The van der Waals surface area contributed by atoms with Crippen LogP contribution in [0.4, 0.5) is 0 Å². The zero-order chi connectivity index (χ0) is 21.2. The molecule has 3 aromatic rings. The molecule has 2 aromatic heterocycles. The maximum absolute atomic E-state index is 9.76. The third-order valence-corrected chi connectivity index (χ3v) is 6.73. The molecule has 0 saturated heterocycles. The number of hydrogen-bond donors (Lipinski definition) is 0. The van der Waals surface area contributed by atoms with E-state index < -0.39 is 0 Å². The van der Waals surface area contributed by atoms with Gasteiger partial charge in [0.15, 0.2) is 11.5 Å². The number of benzene rings is 1. The van der Waals surface area contributed by atoms with Crippen molar-refractivity contribution in [2.75, 3.05) is 13.2 Å². The molecule has 0 N–H and O–H groups in total. The predicted molar refractivity (Wildman–Crippen MR) is 128 cm³/mol. The van der Waals surface area contributed by atoms with Gasteiger partial charge in [-0.15, -0.1) is 22.7 Å². The van der Waals surface area contributed by atoms with Crippen molar-refractivity contribution in [3.8, 4) is 27.3 Å². The summed E-state index contributed by atoms with van der Waals surface area (Å²) in [5, 5.41) is 11.8. The molecule has 0 amide bonds. The average Bonchev–Trinajstić information content (AvgIpc) is 3.45. The zero-order valence-corrected chi connectivity index (χ0v) is 19.2. The van der Waals surface area contributed by atoms with Gasteiger partial charge < -0.3 is 9.47 Å². The number of hydrogen-bond acceptors (Lipinski definition) is 5. The lowest BCUT2D eigenvalue weighted by atomic mass is 10.1. The van der Waals surface area contributed by atoms with E-state index in [0.717, 1.165) is 47.6 Å². The first kappa shape index (κ1) is 22.1. The third-order valence-electron chi connectivity index (χ3n) is 4.55. The van der Waals surface area contributed by atoms with Crippen LogP contribution in [0.25, 0.3) is 21.4 Å². The van der Waals surface area contributed by atoms with Crippen molar-refractivity contribution in [2.45, 2.75) is 39.5 Å². The first-order chi connectivity index (χ1) is 14.7. The summed E-state index contributed by atoms with van der Waals surface area (Å²) in [7, 11) is 0. The van der Waals surface area contributed by atoms with Gasteiger partial charge in [0, 0.05) is 14.6 Å². The monoisotopic (exact) mass is 437 g/mol. The number of nitriles is 1. The van der Waals surface area contributed by atoms with Crippen LogP contribution in [0.5, 0.6) is 11.5 Å². The van der Waals surface area contributed by atoms with E-state index in [1.54, 1.807) is 22.7 Å². The lowest BCUT2D eigenvalue weighted by Crippen LogP contribution is -2.02. The number of unbranched alkanes of at least 4 members (excludes halogenated alkanes) is 2. The molecule has 0 radical (unpaired) electrons. The van der Waals surface area contributed by atoms with E-state index in [1.807, 2.05) is 36.4 Å². The number of rotatable bonds is 11. The Morgan fingerprint density at radius 3 is 2.40 bits per heavy atom. The largest absolute Gasteiger partial charge is 0.490 e. The summed E-state index contributed by atoms with van der Waals surface area (Å²) in [6.45, 7) is 5.63. The second-order valence-corrected chi connectivity index (χ2v) is 8.95. The number of nitrogens with zero attached hydrogens (tertiary/aromatic N) is 1. The standard InChI is InChI=1S/C25H27NO2S2/c1-3-5-13-27-21-10-9-19(17-22(21)28-14-6-4-2)16-20(18-26)23-11-12-25(30-23)24-8-7-15-29-24/h7-12,15-17H,3-6,13-14H2,1-2H3/b20-16+. The molecule has 30 heavy (non-hydrogen) atoms. The molecule has 0 fully saturated rings. The van der Waals surface area contributed by atoms with Crippen LogP contribution in [-0.2, 0) is 0 Å². The maximum Gasteiger partial charge on any atom is 0.161 e. The van der Waals surface area contributed by atoms with Crippen LogP contribution in [0.1, 0.15) is 50.0 Å². The highest BCUT2D eigenvalue weighted by molar-refractivity contribution is 7.22. The van der Waals surface area contributed by atoms with Crippen LogP contribution in [0.3, 0.4) is 0 Å². The lowest BCUT2D eigenvalue weighted by Gasteiger charge is -2.13. The summed E-state index contributed by atoms with van der Waals surface area (Å²) in [6, 6.07) is 16.5. The van der Waals surface area contributed by atoms with Crippen LogP contribution >= 0.6 is 22.7 Å². The fraction of sp³-hybridized carbons (Fsp3) is 0.320. The maximum atomic E-state index is 9.76. The van der Waals surface area contributed by atoms with E-state index in [1.165, 1.54) is 9.75 Å². The van der Waals surface area contributed by atoms with E-state index in [9.17, 15) is 5.26 Å². The molecule has 5 heteroatoms. The van der Waals surface area contributed by atoms with Gasteiger partial charge in [-0.05, 0) is 60.2 Å². The van der Waals surface area contributed by atoms with Crippen molar-refractivity contribution in [2.24, 2.45) is 0 Å². The molecule has 1 aromatic carbocycles. The fourth-order valence-electron chi connectivity index (χ4n) is 2.86. The molecule has 0 aliphatic heterocycles. The molecular formula is C25H27NO2S2. The molecule has 2 heterocycles. The highest BCUT2D eigenvalue weighted by atomic mass is 32.1. The quantitative estimate of drug-likeness (QED) is 0.226. The molecular weight excluding hydrogens is 410 g/mol. The second-order valence-electron chi connectivity index (χ2n) is 6.92. The van der Waals surface area contributed by atoms with Crippen molar-refractivity contribution in [1.29, 1.82) is 5.26 Å². The second kappa shape index (κ2) is 11.6. The Morgan fingerprint density at radius 2 is 1.73 bits per heavy atom. The number of thiophene rings is 2. The van der Waals surface area contributed by atoms with Gasteiger partial charge in [0.05, 0.1) is 18.8 Å². The molecule has 3 nitrogen and oxygen atoms in total. The Balaban J connectivity index is 1.84. The summed E-state index contributed by atoms with van der Waals surface area (Å²) in [4.78, 5) is 3.38. The van der Waals surface area contributed by atoms with E-state index in [2.05, 4.69) is 37.4 Å². The summed E-state index contributed by atoms with van der Waals surface area (Å²) < 4.78 is 11.9. The molecule has 3 rings (SSSR count). The van der Waals surface area contributed by atoms with Gasteiger partial charge in [-0.3, -0.25) is 0 Å². The highest BCUT2D eigenvalue weighted by Crippen LogP contribution is 2.36. The smallest absolute Gasteiger partial charge is 0.161 e. The first-order valence-corrected chi connectivity index (χ1v) is 12.1. The Bertz CT molecular complexity index is 997. The van der Waals surface area contributed by atoms with E-state index in [0.29, 0.717) is 18.8 Å². The summed E-state index contributed by atoms with van der Waals surface area (Å²) in [5.41, 5.74) is 1.59. The van der Waals surface area contributed by atoms with Crippen LogP contribution in [0.2, 0.25) is 0 Å². The van der Waals surface area contributed by atoms with Crippen molar-refractivity contribution < 1.29 is 9.47 Å². The molecule has 0 unspecified atom stereocenters. The summed E-state index contributed by atoms with van der Waals surface area (Å²) >= 11 is 3.36. The SMILES string of the molecule is CCCCOc1ccc(/C=C(\C#N)c2ccc(-c3cccs3)s2)cc1OCCCC. The van der Waals surface area contributed by atoms with Gasteiger partial charge in [0.1, 0.15) is 6.07 Å². The van der Waals surface area contributed by atoms with Crippen LogP contribution in [-0.4, -0.2) is 13.2 Å². The van der Waals surface area contributed by atoms with Gasteiger partial charge in [-0.1, -0.05) is 38.8 Å². The number of allylic oxidation sites excluding steroid dienone is 1. The molecule has 0 aliphatic carbocycles. The first-order valence-electron chi connectivity index (χ1n) is 10.4. The van der Waals surface area contributed by atoms with E-state index in [4.69, 9.17) is 9.47 Å². The predicted octanol–water partition coefficient (Wildman–Crippen LogP) is 7.90. The zero-order valence-electron chi connectivity index (χ0n) is 17.5. The molecule has 156 valence electrons. The molecule has 0 atom stereocenters. The highest BCUT2D eigenvalue weighted by Gasteiger charge is 2.10. The Labute approximate surface area is 187 Å². The molecule has 0 bridgehead atoms. The van der Waals surface area contributed by atoms with Gasteiger partial charge >= 0.3 is 0 Å². The fourth-order valence-corrected chi connectivity index (χ4v) is 4.67. The van der Waals surface area contributed by atoms with Crippen molar-refractivity contribution in [3.63, 3.8) is 0 Å². The van der Waals surface area contributed by atoms with Crippen LogP contribution in [0.15, 0.2) is 47.8 Å². The van der Waals surface area contributed by atoms with E-state index >= 15 is 0 Å². The van der Waals surface area contributed by atoms with Gasteiger partial charge in [0.2, 0.25) is 0 Å². The molecule has 0 aliphatic rings. The van der Waals surface area contributed by atoms with Gasteiger partial charge in [0.25, 0.3) is 0 Å². The topological polar surface area (TPSA) is 42.2 Å². The Hall–Kier alpha value is -2.55. The summed E-state index contributed by atoms with van der Waals surface area (Å²) in [5.74, 6) is 1.52. The minimum absolute atomic E-state index is 0.655. The number of ether oxygens (including phenoxy) is 2. The van der Waals surface area contributed by atoms with E-state index in [-0.39, 0.29) is 0 Å². The van der Waals surface area contributed by atoms with Crippen molar-refractivity contribution in [3.05, 3.63) is 58.3 Å². The van der Waals surface area contributed by atoms with Crippen LogP contribution in [0, 0.1) is 11.3 Å². The Kier molecular flexibility index (Phi) is 8.55. The molecule has 0 spiro atoms. The average molecular weight is 438 g/mol. The molecule has 0 saturated carbocycles.